The number of aryl methyl sites for hydroxylation is 1. The second-order valence-electron chi connectivity index (χ2n) is 7.23. The first-order valence-corrected chi connectivity index (χ1v) is 10.5. The molecule has 6 nitrogen and oxygen atoms in total. The van der Waals surface area contributed by atoms with Crippen molar-refractivity contribution in [2.24, 2.45) is 0 Å². The number of rotatable bonds is 6. The van der Waals surface area contributed by atoms with E-state index in [1.54, 1.807) is 31.3 Å². The maximum atomic E-state index is 12.6. The Hall–Kier alpha value is -3.19. The topological polar surface area (TPSA) is 71.5 Å². The lowest BCUT2D eigenvalue weighted by Crippen LogP contribution is -2.40. The molecule has 0 radical (unpaired) electrons. The minimum Gasteiger partial charge on any atom is -0.422 e. The van der Waals surface area contributed by atoms with Crippen LogP contribution >= 0.6 is 11.3 Å². The molecule has 0 saturated heterocycles. The highest BCUT2D eigenvalue weighted by Crippen LogP contribution is 2.24. The fourth-order valence-electron chi connectivity index (χ4n) is 2.84. The van der Waals surface area contributed by atoms with Crippen molar-refractivity contribution in [3.8, 4) is 5.75 Å². The summed E-state index contributed by atoms with van der Waals surface area (Å²) in [6, 6.07) is 16.7. The van der Waals surface area contributed by atoms with Crippen LogP contribution < -0.4 is 15.0 Å². The average Bonchev–Trinajstić information content (AvgIpc) is 3.08. The number of esters is 1. The molecule has 7 heteroatoms. The number of amides is 2. The molecule has 0 unspecified atom stereocenters. The lowest BCUT2D eigenvalue weighted by molar-refractivity contribution is 0.0739. The largest absolute Gasteiger partial charge is 0.422 e. The maximum absolute atomic E-state index is 12.6. The summed E-state index contributed by atoms with van der Waals surface area (Å²) in [6.45, 7) is 5.62. The van der Waals surface area contributed by atoms with Crippen LogP contribution in [0.15, 0.2) is 54.6 Å². The monoisotopic (exact) mass is 423 g/mol. The van der Waals surface area contributed by atoms with Crippen molar-refractivity contribution in [1.82, 2.24) is 10.3 Å². The summed E-state index contributed by atoms with van der Waals surface area (Å²) in [7, 11) is 1.69. The molecular formula is C23H25N3O3S. The highest BCUT2D eigenvalue weighted by Gasteiger charge is 2.18. The summed E-state index contributed by atoms with van der Waals surface area (Å²) >= 11 is 1.35. The lowest BCUT2D eigenvalue weighted by Gasteiger charge is -2.19. The number of aromatic nitrogens is 1. The number of anilines is 1. The second kappa shape index (κ2) is 9.54. The van der Waals surface area contributed by atoms with E-state index in [2.05, 4.69) is 10.3 Å². The molecule has 1 aromatic heterocycles. The van der Waals surface area contributed by atoms with E-state index in [-0.39, 0.29) is 12.1 Å². The van der Waals surface area contributed by atoms with E-state index < -0.39 is 5.97 Å². The molecule has 0 bridgehead atoms. The molecule has 30 heavy (non-hydrogen) atoms. The van der Waals surface area contributed by atoms with E-state index in [0.717, 1.165) is 10.6 Å². The van der Waals surface area contributed by atoms with Crippen LogP contribution in [0.2, 0.25) is 0 Å². The fraction of sp³-hybridized carbons (Fsp3) is 0.261. The van der Waals surface area contributed by atoms with E-state index in [9.17, 15) is 9.59 Å². The molecule has 2 amide bonds. The molecule has 0 atom stereocenters. The van der Waals surface area contributed by atoms with Crippen LogP contribution in [0, 0.1) is 6.92 Å². The molecule has 1 heterocycles. The Bertz CT molecular complexity index is 1010. The summed E-state index contributed by atoms with van der Waals surface area (Å²) in [6.07, 6.45) is 0.680. The SMILES string of the molecule is Cc1nc(Cc2ccccc2)sc1C(=O)Oc1ccc(N(C)C(=O)NC(C)C)cc1. The Balaban J connectivity index is 1.65. The van der Waals surface area contributed by atoms with Crippen LogP contribution in [0.25, 0.3) is 0 Å². The van der Waals surface area contributed by atoms with Gasteiger partial charge in [0, 0.05) is 25.2 Å². The standard InChI is InChI=1S/C23H25N3O3S/c1-15(2)24-23(28)26(4)18-10-12-19(13-11-18)29-22(27)21-16(3)25-20(30-21)14-17-8-6-5-7-9-17/h5-13,15H,14H2,1-4H3,(H,24,28). The van der Waals surface area contributed by atoms with E-state index in [0.29, 0.717) is 28.4 Å². The third-order valence-corrected chi connectivity index (χ3v) is 5.51. The van der Waals surface area contributed by atoms with Crippen molar-refractivity contribution in [2.45, 2.75) is 33.2 Å². The number of benzene rings is 2. The van der Waals surface area contributed by atoms with Gasteiger partial charge < -0.3 is 10.1 Å². The van der Waals surface area contributed by atoms with Crippen LogP contribution in [-0.2, 0) is 6.42 Å². The number of hydrogen-bond donors (Lipinski definition) is 1. The quantitative estimate of drug-likeness (QED) is 0.456. The van der Waals surface area contributed by atoms with Crippen molar-refractivity contribution in [1.29, 1.82) is 0 Å². The normalized spacial score (nSPS) is 10.7. The highest BCUT2D eigenvalue weighted by molar-refractivity contribution is 7.13. The van der Waals surface area contributed by atoms with Gasteiger partial charge in [0.1, 0.15) is 10.6 Å². The summed E-state index contributed by atoms with van der Waals surface area (Å²) in [5.74, 6) is -0.0122. The first-order chi connectivity index (χ1) is 14.3. The van der Waals surface area contributed by atoms with Crippen LogP contribution in [0.4, 0.5) is 10.5 Å². The molecule has 0 aliphatic rings. The lowest BCUT2D eigenvalue weighted by atomic mass is 10.2. The molecule has 1 N–H and O–H groups in total. The van der Waals surface area contributed by atoms with E-state index >= 15 is 0 Å². The van der Waals surface area contributed by atoms with Gasteiger partial charge in [-0.25, -0.2) is 14.6 Å². The molecule has 0 spiro atoms. The molecule has 2 aromatic carbocycles. The molecule has 3 rings (SSSR count). The van der Waals surface area contributed by atoms with Crippen LogP contribution in [-0.4, -0.2) is 30.1 Å². The van der Waals surface area contributed by atoms with Crippen molar-refractivity contribution in [3.63, 3.8) is 0 Å². The van der Waals surface area contributed by atoms with Gasteiger partial charge in [0.2, 0.25) is 0 Å². The Morgan fingerprint density at radius 1 is 1.10 bits per heavy atom. The Morgan fingerprint density at radius 2 is 1.77 bits per heavy atom. The minimum atomic E-state index is -0.428. The van der Waals surface area contributed by atoms with Gasteiger partial charge in [-0.1, -0.05) is 30.3 Å². The molecule has 0 aliphatic heterocycles. The predicted octanol–water partition coefficient (Wildman–Crippen LogP) is 4.82. The number of carbonyl (C=O) groups excluding carboxylic acids is 2. The highest BCUT2D eigenvalue weighted by atomic mass is 32.1. The first kappa shape index (κ1) is 21.5. The molecule has 0 aliphatic carbocycles. The average molecular weight is 424 g/mol. The Morgan fingerprint density at radius 3 is 2.40 bits per heavy atom. The third-order valence-electron chi connectivity index (χ3n) is 4.38. The van der Waals surface area contributed by atoms with Crippen molar-refractivity contribution in [2.75, 3.05) is 11.9 Å². The van der Waals surface area contributed by atoms with Gasteiger partial charge in [-0.15, -0.1) is 11.3 Å². The van der Waals surface area contributed by atoms with E-state index in [1.807, 2.05) is 51.1 Å². The number of thiazole rings is 1. The number of hydrogen-bond acceptors (Lipinski definition) is 5. The van der Waals surface area contributed by atoms with Crippen LogP contribution in [0.3, 0.4) is 0 Å². The van der Waals surface area contributed by atoms with E-state index in [1.165, 1.54) is 16.2 Å². The first-order valence-electron chi connectivity index (χ1n) is 9.70. The zero-order chi connectivity index (χ0) is 21.7. The van der Waals surface area contributed by atoms with Gasteiger partial charge in [-0.2, -0.15) is 0 Å². The summed E-state index contributed by atoms with van der Waals surface area (Å²) in [5, 5.41) is 3.71. The fourth-order valence-corrected chi connectivity index (χ4v) is 3.82. The molecule has 3 aromatic rings. The molecule has 0 fully saturated rings. The second-order valence-corrected chi connectivity index (χ2v) is 8.31. The smallest absolute Gasteiger partial charge is 0.355 e. The molecule has 156 valence electrons. The van der Waals surface area contributed by atoms with Crippen LogP contribution in [0.1, 0.15) is 39.8 Å². The number of ether oxygens (including phenoxy) is 1. The Kier molecular flexibility index (Phi) is 6.84. The number of carbonyl (C=O) groups is 2. The number of urea groups is 1. The predicted molar refractivity (Wildman–Crippen MR) is 120 cm³/mol. The number of nitrogens with one attached hydrogen (secondary N) is 1. The zero-order valence-electron chi connectivity index (χ0n) is 17.5. The van der Waals surface area contributed by atoms with Crippen molar-refractivity contribution >= 4 is 29.0 Å². The Labute approximate surface area is 180 Å². The summed E-state index contributed by atoms with van der Waals surface area (Å²) in [5.41, 5.74) is 2.51. The number of nitrogens with zero attached hydrogens (tertiary/aromatic N) is 2. The van der Waals surface area contributed by atoms with Gasteiger partial charge in [0.25, 0.3) is 0 Å². The van der Waals surface area contributed by atoms with Crippen molar-refractivity contribution < 1.29 is 14.3 Å². The molecular weight excluding hydrogens is 398 g/mol. The van der Waals surface area contributed by atoms with Gasteiger partial charge in [0.15, 0.2) is 0 Å². The molecule has 0 saturated carbocycles. The van der Waals surface area contributed by atoms with Crippen molar-refractivity contribution in [3.05, 3.63) is 75.7 Å². The third kappa shape index (κ3) is 5.45. The maximum Gasteiger partial charge on any atom is 0.355 e. The van der Waals surface area contributed by atoms with Gasteiger partial charge in [-0.3, -0.25) is 4.90 Å². The minimum absolute atomic E-state index is 0.0506. The summed E-state index contributed by atoms with van der Waals surface area (Å²) < 4.78 is 5.52. The summed E-state index contributed by atoms with van der Waals surface area (Å²) in [4.78, 5) is 31.2. The zero-order valence-corrected chi connectivity index (χ0v) is 18.3. The van der Waals surface area contributed by atoms with Gasteiger partial charge in [0.05, 0.1) is 10.7 Å². The van der Waals surface area contributed by atoms with Crippen LogP contribution in [0.5, 0.6) is 5.75 Å². The van der Waals surface area contributed by atoms with E-state index in [4.69, 9.17) is 4.74 Å². The van der Waals surface area contributed by atoms with Gasteiger partial charge >= 0.3 is 12.0 Å². The van der Waals surface area contributed by atoms with Gasteiger partial charge in [-0.05, 0) is 50.6 Å².